The van der Waals surface area contributed by atoms with Gasteiger partial charge in [-0.25, -0.2) is 4.98 Å². The summed E-state index contributed by atoms with van der Waals surface area (Å²) in [7, 11) is 0. The molecule has 2 atom stereocenters. The zero-order chi connectivity index (χ0) is 22.1. The van der Waals surface area contributed by atoms with Crippen LogP contribution < -0.4 is 10.6 Å². The standard InChI is InChI=1S/C26H23N3O2S/c1-16-23(26(31)29-22-11-5-6-12-27-22)24(17-8-3-2-4-9-17)25-19(28-16)14-18(15-20(25)30)21-10-7-13-32-21/h2-13,18,24,28H,14-15H2,1H3,(H,27,29,31)/t18-,24-/m1/s1. The van der Waals surface area contributed by atoms with Crippen LogP contribution in [0.5, 0.6) is 0 Å². The highest BCUT2D eigenvalue weighted by Crippen LogP contribution is 2.46. The van der Waals surface area contributed by atoms with E-state index in [1.165, 1.54) is 4.88 Å². The van der Waals surface area contributed by atoms with Crippen molar-refractivity contribution in [2.75, 3.05) is 5.32 Å². The number of nitrogens with one attached hydrogen (secondary N) is 2. The lowest BCUT2D eigenvalue weighted by Crippen LogP contribution is -2.37. The van der Waals surface area contributed by atoms with Gasteiger partial charge < -0.3 is 10.6 Å². The first-order valence-electron chi connectivity index (χ1n) is 10.7. The monoisotopic (exact) mass is 441 g/mol. The van der Waals surface area contributed by atoms with Gasteiger partial charge in [0.15, 0.2) is 5.78 Å². The molecule has 0 bridgehead atoms. The topological polar surface area (TPSA) is 71.1 Å². The van der Waals surface area contributed by atoms with Crippen molar-refractivity contribution in [3.8, 4) is 0 Å². The van der Waals surface area contributed by atoms with Gasteiger partial charge in [0.05, 0.1) is 0 Å². The van der Waals surface area contributed by atoms with Crippen molar-refractivity contribution < 1.29 is 9.59 Å². The summed E-state index contributed by atoms with van der Waals surface area (Å²) in [6, 6.07) is 19.3. The number of aromatic nitrogens is 1. The Kier molecular flexibility index (Phi) is 5.45. The molecule has 5 rings (SSSR count). The molecular weight excluding hydrogens is 418 g/mol. The summed E-state index contributed by atoms with van der Waals surface area (Å²) in [5.41, 5.74) is 3.91. The van der Waals surface area contributed by atoms with Gasteiger partial charge in [-0.1, -0.05) is 42.5 Å². The number of hydrogen-bond acceptors (Lipinski definition) is 5. The van der Waals surface area contributed by atoms with E-state index in [4.69, 9.17) is 0 Å². The predicted molar refractivity (Wildman–Crippen MR) is 126 cm³/mol. The highest BCUT2D eigenvalue weighted by atomic mass is 32.1. The molecule has 1 aromatic carbocycles. The van der Waals surface area contributed by atoms with E-state index in [0.29, 0.717) is 23.4 Å². The number of hydrogen-bond donors (Lipinski definition) is 2. The molecule has 0 radical (unpaired) electrons. The summed E-state index contributed by atoms with van der Waals surface area (Å²) in [5, 5.41) is 8.37. The van der Waals surface area contributed by atoms with Crippen LogP contribution in [-0.2, 0) is 9.59 Å². The van der Waals surface area contributed by atoms with Crippen molar-refractivity contribution in [1.82, 2.24) is 10.3 Å². The lowest BCUT2D eigenvalue weighted by molar-refractivity contribution is -0.116. The third kappa shape index (κ3) is 3.78. The minimum Gasteiger partial charge on any atom is -0.362 e. The second-order valence-electron chi connectivity index (χ2n) is 8.11. The van der Waals surface area contributed by atoms with Gasteiger partial charge in [0.1, 0.15) is 5.82 Å². The molecule has 3 aromatic rings. The van der Waals surface area contributed by atoms with E-state index < -0.39 is 5.92 Å². The number of amides is 1. The summed E-state index contributed by atoms with van der Waals surface area (Å²) in [4.78, 5) is 32.3. The number of pyridine rings is 1. The Bertz CT molecular complexity index is 1210. The Morgan fingerprint density at radius 3 is 2.59 bits per heavy atom. The number of carbonyl (C=O) groups excluding carboxylic acids is 2. The van der Waals surface area contributed by atoms with Gasteiger partial charge in [0.2, 0.25) is 0 Å². The molecule has 0 fully saturated rings. The zero-order valence-electron chi connectivity index (χ0n) is 17.7. The van der Waals surface area contributed by atoms with E-state index in [-0.39, 0.29) is 17.6 Å². The molecule has 2 N–H and O–H groups in total. The first-order chi connectivity index (χ1) is 15.6. The van der Waals surface area contributed by atoms with E-state index in [2.05, 4.69) is 27.1 Å². The van der Waals surface area contributed by atoms with E-state index in [0.717, 1.165) is 23.4 Å². The Labute approximate surface area is 190 Å². The Hall–Kier alpha value is -3.51. The molecule has 160 valence electrons. The highest BCUT2D eigenvalue weighted by Gasteiger charge is 2.41. The summed E-state index contributed by atoms with van der Waals surface area (Å²) in [5.74, 6) is 0.0934. The van der Waals surface area contributed by atoms with E-state index in [9.17, 15) is 9.59 Å². The van der Waals surface area contributed by atoms with Crippen molar-refractivity contribution in [3.63, 3.8) is 0 Å². The van der Waals surface area contributed by atoms with Crippen LogP contribution in [-0.4, -0.2) is 16.7 Å². The fourth-order valence-corrected chi connectivity index (χ4v) is 5.49. The lowest BCUT2D eigenvalue weighted by Gasteiger charge is -2.36. The maximum Gasteiger partial charge on any atom is 0.255 e. The average molecular weight is 442 g/mol. The molecule has 0 unspecified atom stereocenters. The van der Waals surface area contributed by atoms with Gasteiger partial charge in [-0.3, -0.25) is 9.59 Å². The molecule has 1 aliphatic heterocycles. The molecule has 2 aliphatic rings. The summed E-state index contributed by atoms with van der Waals surface area (Å²) >= 11 is 1.69. The maximum atomic E-state index is 13.5. The molecule has 32 heavy (non-hydrogen) atoms. The van der Waals surface area contributed by atoms with Crippen LogP contribution >= 0.6 is 11.3 Å². The number of rotatable bonds is 4. The number of anilines is 1. The number of carbonyl (C=O) groups is 2. The quantitative estimate of drug-likeness (QED) is 0.588. The third-order valence-electron chi connectivity index (χ3n) is 6.06. The number of thiophene rings is 1. The summed E-state index contributed by atoms with van der Waals surface area (Å²) in [6.45, 7) is 1.91. The van der Waals surface area contributed by atoms with Crippen molar-refractivity contribution in [2.24, 2.45) is 0 Å². The number of benzene rings is 1. The molecule has 5 nitrogen and oxygen atoms in total. The van der Waals surface area contributed by atoms with Crippen LogP contribution in [0.15, 0.2) is 94.8 Å². The molecular formula is C26H23N3O2S. The summed E-state index contributed by atoms with van der Waals surface area (Å²) in [6.07, 6.45) is 2.86. The van der Waals surface area contributed by atoms with Crippen molar-refractivity contribution in [1.29, 1.82) is 0 Å². The molecule has 0 spiro atoms. The Morgan fingerprint density at radius 2 is 1.88 bits per heavy atom. The maximum absolute atomic E-state index is 13.5. The number of nitrogens with zero attached hydrogens (tertiary/aromatic N) is 1. The highest BCUT2D eigenvalue weighted by molar-refractivity contribution is 7.10. The van der Waals surface area contributed by atoms with Crippen molar-refractivity contribution in [3.05, 3.63) is 105 Å². The van der Waals surface area contributed by atoms with Gasteiger partial charge in [-0.2, -0.15) is 0 Å². The van der Waals surface area contributed by atoms with Gasteiger partial charge >= 0.3 is 0 Å². The molecule has 1 aliphatic carbocycles. The van der Waals surface area contributed by atoms with Crippen LogP contribution in [0.1, 0.15) is 42.0 Å². The first-order valence-corrected chi connectivity index (χ1v) is 11.5. The van der Waals surface area contributed by atoms with Crippen LogP contribution in [0.25, 0.3) is 0 Å². The molecule has 0 saturated carbocycles. The minimum absolute atomic E-state index is 0.0987. The van der Waals surface area contributed by atoms with E-state index in [1.807, 2.05) is 49.4 Å². The fourth-order valence-electron chi connectivity index (χ4n) is 4.66. The first kappa shape index (κ1) is 20.4. The second-order valence-corrected chi connectivity index (χ2v) is 9.09. The fraction of sp³-hybridized carbons (Fsp3) is 0.192. The smallest absolute Gasteiger partial charge is 0.255 e. The Morgan fingerprint density at radius 1 is 1.06 bits per heavy atom. The van der Waals surface area contributed by atoms with Crippen LogP contribution in [0.4, 0.5) is 5.82 Å². The average Bonchev–Trinajstić information content (AvgIpc) is 3.34. The minimum atomic E-state index is -0.409. The normalized spacial score (nSPS) is 20.6. The molecule has 6 heteroatoms. The van der Waals surface area contributed by atoms with Gasteiger partial charge in [0, 0.05) is 51.9 Å². The van der Waals surface area contributed by atoms with E-state index in [1.54, 1.807) is 29.7 Å². The largest absolute Gasteiger partial charge is 0.362 e. The van der Waals surface area contributed by atoms with Crippen molar-refractivity contribution in [2.45, 2.75) is 31.6 Å². The van der Waals surface area contributed by atoms with Crippen LogP contribution in [0.2, 0.25) is 0 Å². The number of dihydropyridines is 1. The summed E-state index contributed by atoms with van der Waals surface area (Å²) < 4.78 is 0. The molecule has 2 aromatic heterocycles. The third-order valence-corrected chi connectivity index (χ3v) is 7.09. The number of allylic oxidation sites excluding steroid dienone is 3. The van der Waals surface area contributed by atoms with Crippen LogP contribution in [0.3, 0.4) is 0 Å². The number of Topliss-reactive ketones (excluding diaryl/α,β-unsaturated/α-hetero) is 1. The van der Waals surface area contributed by atoms with Crippen molar-refractivity contribution >= 4 is 28.8 Å². The SMILES string of the molecule is CC1=C(C(=O)Nc2ccccn2)[C@@H](c2ccccc2)C2=C(C[C@@H](c3cccs3)CC2=O)N1. The number of ketones is 1. The van der Waals surface area contributed by atoms with Crippen LogP contribution in [0, 0.1) is 0 Å². The predicted octanol–water partition coefficient (Wildman–Crippen LogP) is 5.14. The molecule has 0 saturated heterocycles. The lowest BCUT2D eigenvalue weighted by atomic mass is 9.72. The Balaban J connectivity index is 1.56. The molecule has 1 amide bonds. The molecule has 3 heterocycles. The van der Waals surface area contributed by atoms with Gasteiger partial charge in [0.25, 0.3) is 5.91 Å². The van der Waals surface area contributed by atoms with E-state index >= 15 is 0 Å². The zero-order valence-corrected chi connectivity index (χ0v) is 18.5. The van der Waals surface area contributed by atoms with Gasteiger partial charge in [-0.15, -0.1) is 11.3 Å². The van der Waals surface area contributed by atoms with Gasteiger partial charge in [-0.05, 0) is 42.5 Å². The second kappa shape index (κ2) is 8.55.